The lowest BCUT2D eigenvalue weighted by molar-refractivity contribution is 0.0176. The monoisotopic (exact) mass is 347 g/mol. The van der Waals surface area contributed by atoms with Crippen molar-refractivity contribution in [2.75, 3.05) is 32.7 Å². The van der Waals surface area contributed by atoms with Gasteiger partial charge in [-0.1, -0.05) is 6.07 Å². The molecule has 0 aliphatic carbocycles. The molecule has 0 spiro atoms. The van der Waals surface area contributed by atoms with Crippen LogP contribution in [0.2, 0.25) is 0 Å². The first-order chi connectivity index (χ1) is 11.4. The van der Waals surface area contributed by atoms with Gasteiger partial charge in [0.15, 0.2) is 0 Å². The number of aromatic nitrogens is 1. The van der Waals surface area contributed by atoms with E-state index in [1.165, 1.54) is 4.88 Å². The van der Waals surface area contributed by atoms with Gasteiger partial charge in [0.1, 0.15) is 5.69 Å². The Kier molecular flexibility index (Phi) is 5.08. The number of hydrogen-bond acceptors (Lipinski definition) is 4. The van der Waals surface area contributed by atoms with Crippen LogP contribution in [0.4, 0.5) is 0 Å². The van der Waals surface area contributed by atoms with E-state index < -0.39 is 5.60 Å². The molecule has 0 aromatic carbocycles. The predicted octanol–water partition coefficient (Wildman–Crippen LogP) is 2.13. The van der Waals surface area contributed by atoms with E-state index in [1.54, 1.807) is 11.3 Å². The van der Waals surface area contributed by atoms with Crippen molar-refractivity contribution in [3.8, 4) is 0 Å². The first-order valence-electron chi connectivity index (χ1n) is 8.34. The predicted molar refractivity (Wildman–Crippen MR) is 96.5 cm³/mol. The zero-order valence-electron chi connectivity index (χ0n) is 14.3. The molecule has 1 amide bonds. The first kappa shape index (κ1) is 17.2. The Morgan fingerprint density at radius 1 is 1.21 bits per heavy atom. The van der Waals surface area contributed by atoms with Crippen molar-refractivity contribution < 1.29 is 9.90 Å². The van der Waals surface area contributed by atoms with E-state index in [1.807, 2.05) is 47.7 Å². The van der Waals surface area contributed by atoms with Crippen LogP contribution in [-0.2, 0) is 6.54 Å². The molecule has 0 bridgehead atoms. The Balaban J connectivity index is 1.61. The fourth-order valence-corrected chi connectivity index (χ4v) is 3.84. The van der Waals surface area contributed by atoms with Crippen LogP contribution >= 0.6 is 11.3 Å². The van der Waals surface area contributed by atoms with Gasteiger partial charge in [0, 0.05) is 43.8 Å². The summed E-state index contributed by atoms with van der Waals surface area (Å²) in [5.41, 5.74) is 0.0565. The highest BCUT2D eigenvalue weighted by molar-refractivity contribution is 7.09. The third kappa shape index (κ3) is 4.26. The molecule has 130 valence electrons. The van der Waals surface area contributed by atoms with Gasteiger partial charge in [-0.3, -0.25) is 9.69 Å². The van der Waals surface area contributed by atoms with E-state index in [0.717, 1.165) is 25.3 Å². The van der Waals surface area contributed by atoms with Crippen LogP contribution in [-0.4, -0.2) is 63.7 Å². The molecule has 1 aliphatic heterocycles. The molecule has 3 heterocycles. The van der Waals surface area contributed by atoms with Crippen molar-refractivity contribution in [1.82, 2.24) is 14.4 Å². The van der Waals surface area contributed by atoms with Gasteiger partial charge in [0.25, 0.3) is 5.91 Å². The van der Waals surface area contributed by atoms with E-state index >= 15 is 0 Å². The minimum atomic E-state index is -0.693. The van der Waals surface area contributed by atoms with Crippen molar-refractivity contribution >= 4 is 17.2 Å². The van der Waals surface area contributed by atoms with Crippen molar-refractivity contribution in [1.29, 1.82) is 0 Å². The van der Waals surface area contributed by atoms with Gasteiger partial charge in [-0.25, -0.2) is 0 Å². The second kappa shape index (κ2) is 7.09. The fourth-order valence-electron chi connectivity index (χ4n) is 3.13. The Hall–Kier alpha value is -1.63. The quantitative estimate of drug-likeness (QED) is 0.901. The summed E-state index contributed by atoms with van der Waals surface area (Å²) in [5, 5.41) is 12.0. The third-order valence-electron chi connectivity index (χ3n) is 4.22. The van der Waals surface area contributed by atoms with Gasteiger partial charge in [-0.2, -0.15) is 0 Å². The average Bonchev–Trinajstić information content (AvgIpc) is 3.18. The van der Waals surface area contributed by atoms with Crippen molar-refractivity contribution in [2.45, 2.75) is 26.0 Å². The number of rotatable bonds is 5. The molecule has 1 saturated heterocycles. The Bertz CT molecular complexity index is 665. The number of nitrogens with zero attached hydrogens (tertiary/aromatic N) is 3. The second-order valence-corrected chi connectivity index (χ2v) is 8.01. The molecular formula is C18H25N3O2S. The minimum absolute atomic E-state index is 0.0967. The minimum Gasteiger partial charge on any atom is -0.389 e. The van der Waals surface area contributed by atoms with Crippen LogP contribution in [0, 0.1) is 0 Å². The van der Waals surface area contributed by atoms with Gasteiger partial charge in [-0.05, 0) is 37.4 Å². The lowest BCUT2D eigenvalue weighted by Gasteiger charge is -2.37. The SMILES string of the molecule is CC(C)(O)CN1CCN(C(=O)c2cccn2Cc2cccs2)CC1. The maximum atomic E-state index is 12.8. The van der Waals surface area contributed by atoms with E-state index in [-0.39, 0.29) is 5.91 Å². The molecule has 2 aromatic heterocycles. The average molecular weight is 347 g/mol. The van der Waals surface area contributed by atoms with Gasteiger partial charge in [0.2, 0.25) is 0 Å². The van der Waals surface area contributed by atoms with Crippen LogP contribution in [0.5, 0.6) is 0 Å². The molecule has 0 radical (unpaired) electrons. The molecule has 1 aliphatic rings. The summed E-state index contributed by atoms with van der Waals surface area (Å²) < 4.78 is 2.03. The summed E-state index contributed by atoms with van der Waals surface area (Å²) in [7, 11) is 0. The number of carbonyl (C=O) groups excluding carboxylic acids is 1. The van der Waals surface area contributed by atoms with Crippen molar-refractivity contribution in [3.63, 3.8) is 0 Å². The van der Waals surface area contributed by atoms with Gasteiger partial charge >= 0.3 is 0 Å². The fraction of sp³-hybridized carbons (Fsp3) is 0.500. The number of thiophene rings is 1. The lowest BCUT2D eigenvalue weighted by Crippen LogP contribution is -2.52. The maximum absolute atomic E-state index is 12.8. The zero-order valence-corrected chi connectivity index (χ0v) is 15.1. The van der Waals surface area contributed by atoms with Crippen LogP contribution < -0.4 is 0 Å². The summed E-state index contributed by atoms with van der Waals surface area (Å²) in [4.78, 5) is 18.2. The Labute approximate surface area is 147 Å². The number of aliphatic hydroxyl groups is 1. The Morgan fingerprint density at radius 3 is 2.58 bits per heavy atom. The number of carbonyl (C=O) groups is 1. The van der Waals surface area contributed by atoms with Crippen molar-refractivity contribution in [3.05, 3.63) is 46.4 Å². The van der Waals surface area contributed by atoms with Gasteiger partial charge in [0.05, 0.1) is 12.1 Å². The standard InChI is InChI=1S/C18H25N3O2S/c1-18(2,23)14-19-8-10-20(11-9-19)17(22)16-6-3-7-21(16)13-15-5-4-12-24-15/h3-7,12,23H,8-11,13-14H2,1-2H3. The van der Waals surface area contributed by atoms with E-state index in [4.69, 9.17) is 0 Å². The molecule has 1 N–H and O–H groups in total. The molecule has 0 atom stereocenters. The van der Waals surface area contributed by atoms with Crippen LogP contribution in [0.3, 0.4) is 0 Å². The zero-order chi connectivity index (χ0) is 17.2. The molecule has 24 heavy (non-hydrogen) atoms. The molecule has 5 nitrogen and oxygen atoms in total. The summed E-state index contributed by atoms with van der Waals surface area (Å²) in [6, 6.07) is 7.96. The molecule has 1 fully saturated rings. The van der Waals surface area contributed by atoms with E-state index in [9.17, 15) is 9.90 Å². The molecule has 0 unspecified atom stereocenters. The highest BCUT2D eigenvalue weighted by Crippen LogP contribution is 2.16. The van der Waals surface area contributed by atoms with E-state index in [0.29, 0.717) is 19.6 Å². The summed E-state index contributed by atoms with van der Waals surface area (Å²) in [6.45, 7) is 8.05. The summed E-state index contributed by atoms with van der Waals surface area (Å²) in [6.07, 6.45) is 1.97. The number of β-amino-alcohol motifs (C(OH)–C–C–N with tert-alkyl or cyclic N) is 1. The smallest absolute Gasteiger partial charge is 0.270 e. The molecule has 2 aromatic rings. The summed E-state index contributed by atoms with van der Waals surface area (Å²) in [5.74, 6) is 0.0967. The molecule has 0 saturated carbocycles. The van der Waals surface area contributed by atoms with Crippen LogP contribution in [0.25, 0.3) is 0 Å². The summed E-state index contributed by atoms with van der Waals surface area (Å²) >= 11 is 1.71. The maximum Gasteiger partial charge on any atom is 0.270 e. The highest BCUT2D eigenvalue weighted by atomic mass is 32.1. The second-order valence-electron chi connectivity index (χ2n) is 6.98. The van der Waals surface area contributed by atoms with Crippen LogP contribution in [0.1, 0.15) is 29.2 Å². The number of hydrogen-bond donors (Lipinski definition) is 1. The molecular weight excluding hydrogens is 322 g/mol. The molecule has 6 heteroatoms. The van der Waals surface area contributed by atoms with Crippen molar-refractivity contribution in [2.24, 2.45) is 0 Å². The normalized spacial score (nSPS) is 16.5. The van der Waals surface area contributed by atoms with Crippen LogP contribution in [0.15, 0.2) is 35.8 Å². The lowest BCUT2D eigenvalue weighted by atomic mass is 10.1. The third-order valence-corrected chi connectivity index (χ3v) is 5.09. The first-order valence-corrected chi connectivity index (χ1v) is 9.22. The topological polar surface area (TPSA) is 48.7 Å². The number of piperazine rings is 1. The van der Waals surface area contributed by atoms with Gasteiger partial charge < -0.3 is 14.6 Å². The van der Waals surface area contributed by atoms with Gasteiger partial charge in [-0.15, -0.1) is 11.3 Å². The highest BCUT2D eigenvalue weighted by Gasteiger charge is 2.26. The Morgan fingerprint density at radius 2 is 1.96 bits per heavy atom. The van der Waals surface area contributed by atoms with E-state index in [2.05, 4.69) is 16.3 Å². The molecule has 3 rings (SSSR count). The largest absolute Gasteiger partial charge is 0.389 e. The number of amides is 1.